The number of aryl methyl sites for hydroxylation is 1. The first-order chi connectivity index (χ1) is 11.1. The van der Waals surface area contributed by atoms with E-state index < -0.39 is 0 Å². The number of nitrogens with one attached hydrogen (secondary N) is 2. The van der Waals surface area contributed by atoms with E-state index in [1.165, 1.54) is 12.1 Å². The van der Waals surface area contributed by atoms with Gasteiger partial charge >= 0.3 is 0 Å². The number of ether oxygens (including phenoxy) is 1. The maximum absolute atomic E-state index is 13.0. The fourth-order valence-electron chi connectivity index (χ4n) is 2.90. The first kappa shape index (κ1) is 15.7. The van der Waals surface area contributed by atoms with Gasteiger partial charge in [0.25, 0.3) is 0 Å². The summed E-state index contributed by atoms with van der Waals surface area (Å²) >= 11 is 0. The van der Waals surface area contributed by atoms with Gasteiger partial charge in [0.1, 0.15) is 5.82 Å². The van der Waals surface area contributed by atoms with Crippen molar-refractivity contribution in [3.8, 4) is 0 Å². The molecule has 122 valence electrons. The molecule has 1 aromatic carbocycles. The van der Waals surface area contributed by atoms with Crippen molar-refractivity contribution in [2.75, 3.05) is 13.2 Å². The van der Waals surface area contributed by atoms with E-state index in [1.807, 2.05) is 13.0 Å². The molecule has 2 heterocycles. The Morgan fingerprint density at radius 2 is 2.22 bits per heavy atom. The first-order valence-electron chi connectivity index (χ1n) is 7.76. The lowest BCUT2D eigenvalue weighted by atomic mass is 9.95. The number of halogens is 1. The summed E-state index contributed by atoms with van der Waals surface area (Å²) in [6.07, 6.45) is 1.05. The quantitative estimate of drug-likeness (QED) is 0.889. The number of hydrogen-bond acceptors (Lipinski definition) is 3. The van der Waals surface area contributed by atoms with Crippen molar-refractivity contribution in [1.82, 2.24) is 15.5 Å². The number of aromatic nitrogens is 2. The predicted octanol–water partition coefficient (Wildman–Crippen LogP) is 2.29. The molecule has 0 bridgehead atoms. The van der Waals surface area contributed by atoms with Gasteiger partial charge in [0.05, 0.1) is 18.2 Å². The lowest BCUT2D eigenvalue weighted by molar-refractivity contribution is -0.120. The summed E-state index contributed by atoms with van der Waals surface area (Å²) in [6.45, 7) is 3.10. The Labute approximate surface area is 134 Å². The molecule has 1 amide bonds. The molecule has 1 fully saturated rings. The van der Waals surface area contributed by atoms with E-state index in [9.17, 15) is 9.18 Å². The molecule has 0 spiro atoms. The third-order valence-corrected chi connectivity index (χ3v) is 4.07. The Morgan fingerprint density at radius 1 is 1.43 bits per heavy atom. The minimum absolute atomic E-state index is 0.0544. The van der Waals surface area contributed by atoms with Gasteiger partial charge in [0, 0.05) is 24.8 Å². The second-order valence-corrected chi connectivity index (χ2v) is 5.91. The van der Waals surface area contributed by atoms with Crippen LogP contribution in [-0.4, -0.2) is 29.3 Å². The summed E-state index contributed by atoms with van der Waals surface area (Å²) in [6, 6.07) is 8.22. The topological polar surface area (TPSA) is 67.0 Å². The van der Waals surface area contributed by atoms with Crippen molar-refractivity contribution in [2.45, 2.75) is 25.9 Å². The Bertz CT molecular complexity index is 669. The van der Waals surface area contributed by atoms with Gasteiger partial charge < -0.3 is 10.1 Å². The van der Waals surface area contributed by atoms with Crippen LogP contribution in [0.4, 0.5) is 4.39 Å². The molecule has 0 radical (unpaired) electrons. The number of aromatic amines is 1. The minimum atomic E-state index is -0.258. The van der Waals surface area contributed by atoms with Crippen molar-refractivity contribution < 1.29 is 13.9 Å². The summed E-state index contributed by atoms with van der Waals surface area (Å²) in [4.78, 5) is 12.0. The van der Waals surface area contributed by atoms with Gasteiger partial charge in [-0.05, 0) is 37.1 Å². The highest BCUT2D eigenvalue weighted by atomic mass is 19.1. The molecule has 6 heteroatoms. The van der Waals surface area contributed by atoms with Crippen molar-refractivity contribution in [1.29, 1.82) is 0 Å². The fourth-order valence-corrected chi connectivity index (χ4v) is 2.90. The zero-order valence-corrected chi connectivity index (χ0v) is 13.0. The predicted molar refractivity (Wildman–Crippen MR) is 83.2 cm³/mol. The summed E-state index contributed by atoms with van der Waals surface area (Å²) in [5.74, 6) is -0.113. The van der Waals surface area contributed by atoms with Crippen LogP contribution in [0.3, 0.4) is 0 Å². The van der Waals surface area contributed by atoms with Crippen LogP contribution in [0.2, 0.25) is 0 Å². The highest BCUT2D eigenvalue weighted by molar-refractivity contribution is 5.78. The van der Waals surface area contributed by atoms with E-state index in [0.717, 1.165) is 23.4 Å². The standard InChI is InChI=1S/C17H20FN3O2/c1-11-8-15(21-20-11)9-16(22)19-10-13-6-7-23-17(13)12-2-4-14(18)5-3-12/h2-5,8,13,17H,6-7,9-10H2,1H3,(H,19,22)(H,20,21)/t13-,17-/m0/s1. The van der Waals surface area contributed by atoms with Gasteiger partial charge in [-0.25, -0.2) is 4.39 Å². The van der Waals surface area contributed by atoms with E-state index in [2.05, 4.69) is 15.5 Å². The van der Waals surface area contributed by atoms with Crippen LogP contribution in [0.25, 0.3) is 0 Å². The molecule has 1 saturated heterocycles. The molecular formula is C17H20FN3O2. The number of H-pyrrole nitrogens is 1. The highest BCUT2D eigenvalue weighted by Crippen LogP contribution is 2.34. The molecular weight excluding hydrogens is 297 g/mol. The lowest BCUT2D eigenvalue weighted by Crippen LogP contribution is -2.31. The van der Waals surface area contributed by atoms with E-state index >= 15 is 0 Å². The minimum Gasteiger partial charge on any atom is -0.373 e. The molecule has 2 N–H and O–H groups in total. The highest BCUT2D eigenvalue weighted by Gasteiger charge is 2.29. The van der Waals surface area contributed by atoms with Crippen LogP contribution in [0.1, 0.15) is 29.5 Å². The number of rotatable bonds is 5. The van der Waals surface area contributed by atoms with Crippen LogP contribution >= 0.6 is 0 Å². The second kappa shape index (κ2) is 6.91. The molecule has 23 heavy (non-hydrogen) atoms. The number of carbonyl (C=O) groups excluding carboxylic acids is 1. The molecule has 3 rings (SSSR count). The Morgan fingerprint density at radius 3 is 2.91 bits per heavy atom. The van der Waals surface area contributed by atoms with Gasteiger partial charge in [-0.1, -0.05) is 12.1 Å². The average molecular weight is 317 g/mol. The zero-order valence-electron chi connectivity index (χ0n) is 13.0. The van der Waals surface area contributed by atoms with Crippen LogP contribution in [-0.2, 0) is 16.0 Å². The molecule has 1 aliphatic rings. The molecule has 5 nitrogen and oxygen atoms in total. The van der Waals surface area contributed by atoms with E-state index in [1.54, 1.807) is 12.1 Å². The van der Waals surface area contributed by atoms with Crippen LogP contribution < -0.4 is 5.32 Å². The van der Waals surface area contributed by atoms with Crippen LogP contribution in [0, 0.1) is 18.7 Å². The number of carbonyl (C=O) groups is 1. The molecule has 2 aromatic rings. The monoisotopic (exact) mass is 317 g/mol. The summed E-state index contributed by atoms with van der Waals surface area (Å²) in [7, 11) is 0. The maximum atomic E-state index is 13.0. The average Bonchev–Trinajstić information content (AvgIpc) is 3.15. The third-order valence-electron chi connectivity index (χ3n) is 4.07. The molecule has 0 saturated carbocycles. The van der Waals surface area contributed by atoms with Crippen molar-refractivity contribution in [3.05, 3.63) is 53.1 Å². The summed E-state index contributed by atoms with van der Waals surface area (Å²) in [5.41, 5.74) is 2.62. The van der Waals surface area contributed by atoms with Crippen LogP contribution in [0.5, 0.6) is 0 Å². The number of nitrogens with zero attached hydrogens (tertiary/aromatic N) is 1. The summed E-state index contributed by atoms with van der Waals surface area (Å²) in [5, 5.41) is 9.83. The lowest BCUT2D eigenvalue weighted by Gasteiger charge is -2.19. The Hall–Kier alpha value is -2.21. The van der Waals surface area contributed by atoms with Crippen molar-refractivity contribution >= 4 is 5.91 Å². The van der Waals surface area contributed by atoms with Gasteiger partial charge in [-0.3, -0.25) is 9.89 Å². The maximum Gasteiger partial charge on any atom is 0.226 e. The second-order valence-electron chi connectivity index (χ2n) is 5.91. The SMILES string of the molecule is Cc1cc(CC(=O)NC[C@@H]2CCO[C@H]2c2ccc(F)cc2)n[nH]1. The van der Waals surface area contributed by atoms with E-state index in [-0.39, 0.29) is 30.2 Å². The third kappa shape index (κ3) is 3.96. The van der Waals surface area contributed by atoms with Crippen molar-refractivity contribution in [2.24, 2.45) is 5.92 Å². The number of benzene rings is 1. The van der Waals surface area contributed by atoms with Gasteiger partial charge in [-0.2, -0.15) is 5.10 Å². The van der Waals surface area contributed by atoms with Gasteiger partial charge in [-0.15, -0.1) is 0 Å². The number of hydrogen-bond donors (Lipinski definition) is 2. The van der Waals surface area contributed by atoms with Gasteiger partial charge in [0.15, 0.2) is 0 Å². The molecule has 0 unspecified atom stereocenters. The zero-order chi connectivity index (χ0) is 16.2. The van der Waals surface area contributed by atoms with E-state index in [4.69, 9.17) is 4.74 Å². The smallest absolute Gasteiger partial charge is 0.226 e. The molecule has 0 aliphatic carbocycles. The van der Waals surface area contributed by atoms with Crippen molar-refractivity contribution in [3.63, 3.8) is 0 Å². The Balaban J connectivity index is 1.54. The molecule has 1 aromatic heterocycles. The molecule has 1 aliphatic heterocycles. The van der Waals surface area contributed by atoms with Crippen LogP contribution in [0.15, 0.2) is 30.3 Å². The molecule has 2 atom stereocenters. The Kier molecular flexibility index (Phi) is 4.71. The normalized spacial score (nSPS) is 20.6. The number of amides is 1. The first-order valence-corrected chi connectivity index (χ1v) is 7.76. The largest absolute Gasteiger partial charge is 0.373 e. The van der Waals surface area contributed by atoms with Gasteiger partial charge in [0.2, 0.25) is 5.91 Å². The van der Waals surface area contributed by atoms with E-state index in [0.29, 0.717) is 13.2 Å². The fraction of sp³-hybridized carbons (Fsp3) is 0.412. The summed E-state index contributed by atoms with van der Waals surface area (Å²) < 4.78 is 18.8.